The lowest BCUT2D eigenvalue weighted by molar-refractivity contribution is -0.116. The van der Waals surface area contributed by atoms with Crippen molar-refractivity contribution in [3.05, 3.63) is 36.0 Å². The van der Waals surface area contributed by atoms with Crippen molar-refractivity contribution in [2.45, 2.75) is 26.8 Å². The summed E-state index contributed by atoms with van der Waals surface area (Å²) < 4.78 is 0. The Morgan fingerprint density at radius 1 is 1.20 bits per heavy atom. The maximum atomic E-state index is 11.5. The van der Waals surface area contributed by atoms with Crippen molar-refractivity contribution in [2.24, 2.45) is 5.73 Å². The molecule has 4 N–H and O–H groups in total. The number of aromatic nitrogens is 2. The number of nitrogens with two attached hydrogens (primary N) is 1. The lowest BCUT2D eigenvalue weighted by atomic mass is 10.2. The highest BCUT2D eigenvalue weighted by Gasteiger charge is 2.13. The maximum absolute atomic E-state index is 11.5. The number of nitrogens with one attached hydrogen (secondary N) is 2. The van der Waals surface area contributed by atoms with Gasteiger partial charge in [-0.25, -0.2) is 4.98 Å². The van der Waals surface area contributed by atoms with Crippen LogP contribution in [0.15, 0.2) is 30.5 Å². The van der Waals surface area contributed by atoms with Crippen LogP contribution in [0.3, 0.4) is 0 Å². The van der Waals surface area contributed by atoms with Crippen LogP contribution in [0.2, 0.25) is 0 Å². The third-order valence-corrected chi connectivity index (χ3v) is 3.46. The van der Waals surface area contributed by atoms with Crippen LogP contribution in [0.25, 0.3) is 0 Å². The lowest BCUT2D eigenvalue weighted by Gasteiger charge is -2.16. The summed E-state index contributed by atoms with van der Waals surface area (Å²) in [4.78, 5) is 32.8. The Hall–Kier alpha value is -3.16. The molecule has 1 aromatic carbocycles. The number of carbonyl (C=O) groups excluding carboxylic acids is 2. The number of primary amides is 1. The van der Waals surface area contributed by atoms with E-state index in [4.69, 9.17) is 5.73 Å². The molecule has 0 bridgehead atoms. The zero-order valence-electron chi connectivity index (χ0n) is 14.7. The Morgan fingerprint density at radius 3 is 2.36 bits per heavy atom. The highest BCUT2D eigenvalue weighted by atomic mass is 16.2. The number of hydrogen-bond donors (Lipinski definition) is 3. The van der Waals surface area contributed by atoms with Gasteiger partial charge in [-0.05, 0) is 38.1 Å². The van der Waals surface area contributed by atoms with E-state index in [1.165, 1.54) is 13.1 Å². The second-order valence-electron chi connectivity index (χ2n) is 5.87. The van der Waals surface area contributed by atoms with Crippen molar-refractivity contribution in [3.8, 4) is 0 Å². The molecule has 0 aliphatic rings. The molecular formula is C17H22N6O2. The first-order valence-electron chi connectivity index (χ1n) is 7.82. The van der Waals surface area contributed by atoms with Gasteiger partial charge < -0.3 is 21.3 Å². The van der Waals surface area contributed by atoms with Gasteiger partial charge in [0.15, 0.2) is 0 Å². The smallest absolute Gasteiger partial charge is 0.254 e. The molecule has 0 unspecified atom stereocenters. The molecule has 0 aliphatic heterocycles. The molecule has 0 saturated carbocycles. The van der Waals surface area contributed by atoms with Crippen LogP contribution in [0.4, 0.5) is 23.1 Å². The Bertz CT molecular complexity index is 773. The quantitative estimate of drug-likeness (QED) is 0.741. The van der Waals surface area contributed by atoms with Crippen molar-refractivity contribution < 1.29 is 9.59 Å². The zero-order valence-corrected chi connectivity index (χ0v) is 14.7. The normalized spacial score (nSPS) is 10.4. The van der Waals surface area contributed by atoms with Gasteiger partial charge in [-0.15, -0.1) is 0 Å². The zero-order chi connectivity index (χ0) is 18.6. The molecule has 0 saturated heterocycles. The summed E-state index contributed by atoms with van der Waals surface area (Å²) in [6.07, 6.45) is 1.39. The molecule has 2 amide bonds. The van der Waals surface area contributed by atoms with Crippen molar-refractivity contribution in [1.82, 2.24) is 9.97 Å². The van der Waals surface area contributed by atoms with Gasteiger partial charge in [-0.3, -0.25) is 9.59 Å². The molecule has 1 heterocycles. The van der Waals surface area contributed by atoms with Gasteiger partial charge >= 0.3 is 0 Å². The second kappa shape index (κ2) is 7.61. The predicted molar refractivity (Wildman–Crippen MR) is 98.1 cm³/mol. The maximum Gasteiger partial charge on any atom is 0.254 e. The molecule has 8 nitrogen and oxygen atoms in total. The first-order chi connectivity index (χ1) is 11.8. The fraction of sp³-hybridized carbons (Fsp3) is 0.294. The molecular weight excluding hydrogens is 320 g/mol. The van der Waals surface area contributed by atoms with Crippen LogP contribution in [0.5, 0.6) is 0 Å². The van der Waals surface area contributed by atoms with Crippen molar-refractivity contribution >= 4 is 35.0 Å². The van der Waals surface area contributed by atoms with E-state index in [1.54, 1.807) is 11.9 Å². The first-order valence-corrected chi connectivity index (χ1v) is 7.82. The highest BCUT2D eigenvalue weighted by Crippen LogP contribution is 2.21. The molecule has 25 heavy (non-hydrogen) atoms. The number of rotatable bonds is 6. The van der Waals surface area contributed by atoms with Crippen LogP contribution >= 0.6 is 0 Å². The van der Waals surface area contributed by atoms with Gasteiger partial charge in [0.25, 0.3) is 5.91 Å². The van der Waals surface area contributed by atoms with Gasteiger partial charge in [0.05, 0.1) is 5.56 Å². The van der Waals surface area contributed by atoms with Crippen LogP contribution < -0.4 is 21.3 Å². The topological polar surface area (TPSA) is 113 Å². The second-order valence-corrected chi connectivity index (χ2v) is 5.87. The highest BCUT2D eigenvalue weighted by molar-refractivity contribution is 5.97. The molecule has 0 fully saturated rings. The van der Waals surface area contributed by atoms with E-state index in [9.17, 15) is 9.59 Å². The summed E-state index contributed by atoms with van der Waals surface area (Å²) in [5, 5.41) is 6.14. The van der Waals surface area contributed by atoms with E-state index < -0.39 is 5.91 Å². The van der Waals surface area contributed by atoms with Gasteiger partial charge in [-0.1, -0.05) is 0 Å². The Balaban J connectivity index is 2.22. The lowest BCUT2D eigenvalue weighted by Crippen LogP contribution is -2.22. The number of amides is 2. The summed E-state index contributed by atoms with van der Waals surface area (Å²) in [5.74, 6) is 0.0792. The molecule has 132 valence electrons. The summed E-state index contributed by atoms with van der Waals surface area (Å²) in [7, 11) is 1.71. The standard InChI is InChI=1S/C17H22N6O2/c1-10(2)20-16-14(15(18)25)9-19-17(22-16)21-12-5-7-13(8-6-12)23(4)11(3)24/h5-10H,1-4H3,(H2,18,25)(H2,19,20,21,22). The predicted octanol–water partition coefficient (Wildman–Crippen LogP) is 2.12. The van der Waals surface area contributed by atoms with E-state index in [-0.39, 0.29) is 17.5 Å². The van der Waals surface area contributed by atoms with Gasteiger partial charge in [0.1, 0.15) is 5.82 Å². The minimum atomic E-state index is -0.591. The fourth-order valence-electron chi connectivity index (χ4n) is 2.09. The number of anilines is 4. The monoisotopic (exact) mass is 342 g/mol. The van der Waals surface area contributed by atoms with Crippen LogP contribution in [0.1, 0.15) is 31.1 Å². The van der Waals surface area contributed by atoms with E-state index in [0.29, 0.717) is 11.8 Å². The largest absolute Gasteiger partial charge is 0.367 e. The molecule has 8 heteroatoms. The number of nitrogens with zero attached hydrogens (tertiary/aromatic N) is 3. The minimum Gasteiger partial charge on any atom is -0.367 e. The van der Waals surface area contributed by atoms with Crippen LogP contribution in [-0.4, -0.2) is 34.9 Å². The molecule has 0 atom stereocenters. The molecule has 0 radical (unpaired) electrons. The molecule has 2 aromatic rings. The average molecular weight is 342 g/mol. The van der Waals surface area contributed by atoms with E-state index >= 15 is 0 Å². The Labute approximate surface area is 146 Å². The minimum absolute atomic E-state index is 0.0458. The third kappa shape index (κ3) is 4.66. The Kier molecular flexibility index (Phi) is 5.53. The first kappa shape index (κ1) is 18.2. The van der Waals surface area contributed by atoms with Gasteiger partial charge in [0.2, 0.25) is 11.9 Å². The van der Waals surface area contributed by atoms with Gasteiger partial charge in [0, 0.05) is 37.6 Å². The summed E-state index contributed by atoms with van der Waals surface area (Å²) >= 11 is 0. The Morgan fingerprint density at radius 2 is 1.84 bits per heavy atom. The van der Waals surface area contributed by atoms with Crippen molar-refractivity contribution in [2.75, 3.05) is 22.6 Å². The van der Waals surface area contributed by atoms with E-state index in [0.717, 1.165) is 11.4 Å². The van der Waals surface area contributed by atoms with E-state index in [2.05, 4.69) is 20.6 Å². The van der Waals surface area contributed by atoms with Crippen LogP contribution in [-0.2, 0) is 4.79 Å². The van der Waals surface area contributed by atoms with Gasteiger partial charge in [-0.2, -0.15) is 4.98 Å². The molecule has 0 spiro atoms. The number of hydrogen-bond acceptors (Lipinski definition) is 6. The number of carbonyl (C=O) groups is 2. The molecule has 1 aromatic heterocycles. The number of benzene rings is 1. The average Bonchev–Trinajstić information content (AvgIpc) is 2.54. The summed E-state index contributed by atoms with van der Waals surface area (Å²) in [6, 6.07) is 7.34. The molecule has 0 aliphatic carbocycles. The van der Waals surface area contributed by atoms with Crippen LogP contribution in [0, 0.1) is 0 Å². The summed E-state index contributed by atoms with van der Waals surface area (Å²) in [5.41, 5.74) is 7.12. The third-order valence-electron chi connectivity index (χ3n) is 3.46. The van der Waals surface area contributed by atoms with Crippen molar-refractivity contribution in [3.63, 3.8) is 0 Å². The summed E-state index contributed by atoms with van der Waals surface area (Å²) in [6.45, 7) is 5.37. The fourth-order valence-corrected chi connectivity index (χ4v) is 2.09. The SMILES string of the molecule is CC(=O)N(C)c1ccc(Nc2ncc(C(N)=O)c(NC(C)C)n2)cc1. The van der Waals surface area contributed by atoms with Crippen molar-refractivity contribution in [1.29, 1.82) is 0 Å². The molecule has 2 rings (SSSR count). The van der Waals surface area contributed by atoms with E-state index in [1.807, 2.05) is 38.1 Å².